The van der Waals surface area contributed by atoms with Gasteiger partial charge in [0.15, 0.2) is 0 Å². The largest absolute Gasteiger partial charge is 0.466 e. The topological polar surface area (TPSA) is 106 Å². The number of para-hydroxylation sites is 1. The minimum atomic E-state index is -0.929. The summed E-state index contributed by atoms with van der Waals surface area (Å²) in [6, 6.07) is 17.6. The van der Waals surface area contributed by atoms with Crippen molar-refractivity contribution in [3.63, 3.8) is 0 Å². The van der Waals surface area contributed by atoms with Gasteiger partial charge in [0.2, 0.25) is 0 Å². The minimum Gasteiger partial charge on any atom is -0.466 e. The number of ether oxygens (including phenoxy) is 2. The van der Waals surface area contributed by atoms with Gasteiger partial charge in [0, 0.05) is 5.56 Å². The summed E-state index contributed by atoms with van der Waals surface area (Å²) in [7, 11) is 2.38. The van der Waals surface area contributed by atoms with Crippen LogP contribution in [0.1, 0.15) is 17.0 Å². The van der Waals surface area contributed by atoms with Gasteiger partial charge in [0.05, 0.1) is 43.0 Å². The van der Waals surface area contributed by atoms with Crippen molar-refractivity contribution in [3.8, 4) is 18.4 Å². The molecule has 31 heavy (non-hydrogen) atoms. The molecule has 0 saturated carbocycles. The van der Waals surface area contributed by atoms with Crippen molar-refractivity contribution in [2.24, 2.45) is 5.73 Å². The molecule has 7 nitrogen and oxygen atoms in total. The number of esters is 2. The van der Waals surface area contributed by atoms with E-state index in [4.69, 9.17) is 21.6 Å². The number of nitrogens with zero attached hydrogens (tertiary/aromatic N) is 2. The van der Waals surface area contributed by atoms with Crippen LogP contribution in [0.3, 0.4) is 0 Å². The third-order valence-electron chi connectivity index (χ3n) is 4.91. The SMILES string of the molecule is C#Cc1ccccc1N1C(N)=C(C#N)C(c2ccccc2)C(C(=O)OC)=C1C(=O)OC. The van der Waals surface area contributed by atoms with Gasteiger partial charge in [0.25, 0.3) is 0 Å². The second-order valence-electron chi connectivity index (χ2n) is 6.50. The molecule has 0 bridgehead atoms. The van der Waals surface area contributed by atoms with Gasteiger partial charge in [-0.2, -0.15) is 5.26 Å². The van der Waals surface area contributed by atoms with Crippen LogP contribution in [0.25, 0.3) is 0 Å². The van der Waals surface area contributed by atoms with Gasteiger partial charge in [-0.1, -0.05) is 48.4 Å². The molecule has 1 unspecified atom stereocenters. The Morgan fingerprint density at radius 2 is 1.65 bits per heavy atom. The number of anilines is 1. The molecular weight excluding hydrogens is 394 g/mol. The molecule has 2 N–H and O–H groups in total. The number of terminal acetylenes is 1. The molecule has 2 aromatic rings. The zero-order valence-corrected chi connectivity index (χ0v) is 17.0. The summed E-state index contributed by atoms with van der Waals surface area (Å²) in [5, 5.41) is 9.99. The van der Waals surface area contributed by atoms with Gasteiger partial charge in [-0.25, -0.2) is 9.59 Å². The summed E-state index contributed by atoms with van der Waals surface area (Å²) in [4.78, 5) is 27.2. The summed E-state index contributed by atoms with van der Waals surface area (Å²) in [5.74, 6) is -0.0523. The van der Waals surface area contributed by atoms with Crippen molar-refractivity contribution < 1.29 is 19.1 Å². The van der Waals surface area contributed by atoms with Crippen LogP contribution in [0.2, 0.25) is 0 Å². The zero-order valence-electron chi connectivity index (χ0n) is 17.0. The minimum absolute atomic E-state index is 0.0351. The first kappa shape index (κ1) is 21.2. The zero-order chi connectivity index (χ0) is 22.5. The van der Waals surface area contributed by atoms with Crippen LogP contribution < -0.4 is 10.6 Å². The molecule has 7 heteroatoms. The number of carbonyl (C=O) groups excluding carboxylic acids is 2. The van der Waals surface area contributed by atoms with Crippen LogP contribution in [-0.2, 0) is 19.1 Å². The number of methoxy groups -OCH3 is 2. The van der Waals surface area contributed by atoms with Gasteiger partial charge in [-0.3, -0.25) is 4.90 Å². The van der Waals surface area contributed by atoms with Crippen molar-refractivity contribution in [3.05, 3.63) is 88.4 Å². The Kier molecular flexibility index (Phi) is 6.09. The maximum absolute atomic E-state index is 13.0. The monoisotopic (exact) mass is 413 g/mol. The highest BCUT2D eigenvalue weighted by Crippen LogP contribution is 2.43. The van der Waals surface area contributed by atoms with E-state index in [1.165, 1.54) is 19.1 Å². The number of allylic oxidation sites excluding steroid dienone is 1. The summed E-state index contributed by atoms with van der Waals surface area (Å²) in [6.07, 6.45) is 5.64. The summed E-state index contributed by atoms with van der Waals surface area (Å²) in [6.45, 7) is 0. The molecule has 0 radical (unpaired) electrons. The van der Waals surface area contributed by atoms with Crippen LogP contribution in [0.4, 0.5) is 5.69 Å². The average molecular weight is 413 g/mol. The molecule has 0 aromatic heterocycles. The molecule has 1 atom stereocenters. The first-order valence-electron chi connectivity index (χ1n) is 9.21. The third kappa shape index (κ3) is 3.61. The van der Waals surface area contributed by atoms with E-state index < -0.39 is 17.9 Å². The van der Waals surface area contributed by atoms with E-state index in [2.05, 4.69) is 12.0 Å². The van der Waals surface area contributed by atoms with Gasteiger partial charge in [-0.05, 0) is 17.7 Å². The van der Waals surface area contributed by atoms with Gasteiger partial charge < -0.3 is 15.2 Å². The lowest BCUT2D eigenvalue weighted by atomic mass is 9.80. The number of nitrogens with two attached hydrogens (primary N) is 1. The maximum Gasteiger partial charge on any atom is 0.355 e. The van der Waals surface area contributed by atoms with Crippen molar-refractivity contribution in [2.45, 2.75) is 5.92 Å². The highest BCUT2D eigenvalue weighted by molar-refractivity contribution is 6.06. The molecule has 0 aliphatic carbocycles. The van der Waals surface area contributed by atoms with Gasteiger partial charge in [-0.15, -0.1) is 6.42 Å². The molecule has 154 valence electrons. The third-order valence-corrected chi connectivity index (χ3v) is 4.91. The van der Waals surface area contributed by atoms with Crippen molar-refractivity contribution in [2.75, 3.05) is 19.1 Å². The average Bonchev–Trinajstić information content (AvgIpc) is 2.82. The molecule has 0 spiro atoms. The van der Waals surface area contributed by atoms with E-state index in [-0.39, 0.29) is 22.7 Å². The highest BCUT2D eigenvalue weighted by Gasteiger charge is 2.43. The molecule has 0 fully saturated rings. The molecule has 1 heterocycles. The predicted octanol–water partition coefficient (Wildman–Crippen LogP) is 2.57. The lowest BCUT2D eigenvalue weighted by Crippen LogP contribution is -2.41. The molecule has 1 aliphatic heterocycles. The van der Waals surface area contributed by atoms with Crippen molar-refractivity contribution in [1.29, 1.82) is 5.26 Å². The van der Waals surface area contributed by atoms with Gasteiger partial charge in [0.1, 0.15) is 11.5 Å². The summed E-state index contributed by atoms with van der Waals surface area (Å²) >= 11 is 0. The van der Waals surface area contributed by atoms with Gasteiger partial charge >= 0.3 is 11.9 Å². The Morgan fingerprint density at radius 3 is 2.23 bits per heavy atom. The predicted molar refractivity (Wildman–Crippen MR) is 114 cm³/mol. The number of nitriles is 1. The van der Waals surface area contributed by atoms with Crippen LogP contribution in [0.15, 0.2) is 77.3 Å². The number of hydrogen-bond acceptors (Lipinski definition) is 7. The van der Waals surface area contributed by atoms with E-state index in [1.807, 2.05) is 0 Å². The van der Waals surface area contributed by atoms with Crippen LogP contribution in [0.5, 0.6) is 0 Å². The molecular formula is C24H19N3O4. The number of hydrogen-bond donors (Lipinski definition) is 1. The summed E-state index contributed by atoms with van der Waals surface area (Å²) < 4.78 is 9.97. The Balaban J connectivity index is 2.46. The lowest BCUT2D eigenvalue weighted by molar-refractivity contribution is -0.139. The van der Waals surface area contributed by atoms with Crippen molar-refractivity contribution >= 4 is 17.6 Å². The standard InChI is InChI=1S/C24H19N3O4/c1-4-15-10-8-9-13-18(15)27-21(24(29)31-3)20(23(28)30-2)19(17(14-25)22(27)26)16-11-6-5-7-12-16/h1,5-13,19H,26H2,2-3H3. The lowest BCUT2D eigenvalue weighted by Gasteiger charge is -2.36. The highest BCUT2D eigenvalue weighted by atomic mass is 16.5. The van der Waals surface area contributed by atoms with E-state index in [1.54, 1.807) is 54.6 Å². The molecule has 2 aromatic carbocycles. The Bertz CT molecular complexity index is 1180. The fourth-order valence-corrected chi connectivity index (χ4v) is 3.55. The smallest absolute Gasteiger partial charge is 0.355 e. The molecule has 0 saturated heterocycles. The number of benzene rings is 2. The van der Waals surface area contributed by atoms with E-state index in [0.717, 1.165) is 0 Å². The Hall–Kier alpha value is -4.49. The van der Waals surface area contributed by atoms with E-state index in [9.17, 15) is 14.9 Å². The fourth-order valence-electron chi connectivity index (χ4n) is 3.55. The fraction of sp³-hybridized carbons (Fsp3) is 0.125. The van der Waals surface area contributed by atoms with E-state index >= 15 is 0 Å². The second kappa shape index (κ2) is 8.89. The number of rotatable bonds is 4. The molecule has 3 rings (SSSR count). The maximum atomic E-state index is 13.0. The van der Waals surface area contributed by atoms with E-state index in [0.29, 0.717) is 16.8 Å². The number of carbonyl (C=O) groups is 2. The normalized spacial score (nSPS) is 15.7. The second-order valence-corrected chi connectivity index (χ2v) is 6.50. The Morgan fingerprint density at radius 1 is 1.03 bits per heavy atom. The summed E-state index contributed by atoms with van der Waals surface area (Å²) in [5.41, 5.74) is 7.61. The molecule has 1 aliphatic rings. The molecule has 0 amide bonds. The quantitative estimate of drug-likeness (QED) is 0.607. The first-order valence-corrected chi connectivity index (χ1v) is 9.21. The first-order chi connectivity index (χ1) is 15.0. The Labute approximate surface area is 180 Å². The van der Waals surface area contributed by atoms with Crippen LogP contribution in [-0.4, -0.2) is 26.2 Å². The van der Waals surface area contributed by atoms with Crippen LogP contribution >= 0.6 is 0 Å². The van der Waals surface area contributed by atoms with Crippen molar-refractivity contribution in [1.82, 2.24) is 0 Å². The van der Waals surface area contributed by atoms with Crippen LogP contribution in [0, 0.1) is 23.7 Å².